The number of carbonyl (C=O) groups is 1. The maximum atomic E-state index is 11.4. The maximum absolute atomic E-state index is 11.4. The number of nitrogens with two attached hydrogens (primary N) is 1. The van der Waals surface area contributed by atoms with Crippen LogP contribution >= 0.6 is 15.9 Å². The van der Waals surface area contributed by atoms with Crippen LogP contribution in [0.5, 0.6) is 0 Å². The number of ether oxygens (including phenoxy) is 1. The lowest BCUT2D eigenvalue weighted by Gasteiger charge is -2.19. The molecule has 1 aromatic rings. The normalized spacial score (nSPS) is 10.9. The second kappa shape index (κ2) is 6.55. The minimum absolute atomic E-state index is 0.186. The largest absolute Gasteiger partial charge is 0.444 e. The first-order valence-electron chi connectivity index (χ1n) is 5.76. The van der Waals surface area contributed by atoms with Gasteiger partial charge in [-0.15, -0.1) is 0 Å². The highest BCUT2D eigenvalue weighted by Crippen LogP contribution is 2.18. The summed E-state index contributed by atoms with van der Waals surface area (Å²) in [6.07, 6.45) is 1.11. The summed E-state index contributed by atoms with van der Waals surface area (Å²) in [6, 6.07) is 0. The van der Waals surface area contributed by atoms with Gasteiger partial charge in [-0.2, -0.15) is 4.98 Å². The first-order chi connectivity index (χ1) is 8.78. The van der Waals surface area contributed by atoms with Gasteiger partial charge in [-0.25, -0.2) is 9.78 Å². The van der Waals surface area contributed by atoms with E-state index in [9.17, 15) is 4.79 Å². The van der Waals surface area contributed by atoms with Crippen LogP contribution in [0.3, 0.4) is 0 Å². The molecule has 0 spiro atoms. The highest BCUT2D eigenvalue weighted by molar-refractivity contribution is 9.10. The van der Waals surface area contributed by atoms with Crippen LogP contribution in [0.4, 0.5) is 16.6 Å². The molecular formula is C11H18BrN5O2. The molecule has 0 fully saturated rings. The van der Waals surface area contributed by atoms with Gasteiger partial charge < -0.3 is 21.1 Å². The molecular weight excluding hydrogens is 314 g/mol. The first-order valence-corrected chi connectivity index (χ1v) is 6.56. The average molecular weight is 332 g/mol. The first kappa shape index (κ1) is 15.5. The average Bonchev–Trinajstić information content (AvgIpc) is 2.26. The third kappa shape index (κ3) is 6.23. The predicted molar refractivity (Wildman–Crippen MR) is 76.9 cm³/mol. The van der Waals surface area contributed by atoms with Gasteiger partial charge >= 0.3 is 6.09 Å². The Bertz CT molecular complexity index is 447. The maximum Gasteiger partial charge on any atom is 0.407 e. The number of aromatic nitrogens is 2. The van der Waals surface area contributed by atoms with Gasteiger partial charge in [-0.3, -0.25) is 0 Å². The van der Waals surface area contributed by atoms with E-state index in [-0.39, 0.29) is 5.95 Å². The van der Waals surface area contributed by atoms with E-state index in [4.69, 9.17) is 10.5 Å². The van der Waals surface area contributed by atoms with Crippen LogP contribution in [-0.4, -0.2) is 34.8 Å². The SMILES string of the molecule is CC(C)(C)OC(=O)NCCNc1nc(N)ncc1Br. The lowest BCUT2D eigenvalue weighted by Crippen LogP contribution is -2.35. The van der Waals surface area contributed by atoms with Crippen LogP contribution in [0, 0.1) is 0 Å². The molecule has 0 saturated heterocycles. The molecule has 0 radical (unpaired) electrons. The van der Waals surface area contributed by atoms with Crippen molar-refractivity contribution in [3.63, 3.8) is 0 Å². The summed E-state index contributed by atoms with van der Waals surface area (Å²) in [5, 5.41) is 5.65. The molecule has 4 N–H and O–H groups in total. The zero-order valence-corrected chi connectivity index (χ0v) is 12.7. The molecule has 19 heavy (non-hydrogen) atoms. The fraction of sp³-hybridized carbons (Fsp3) is 0.545. The third-order valence-corrected chi connectivity index (χ3v) is 2.43. The molecule has 7 nitrogen and oxygen atoms in total. The van der Waals surface area contributed by atoms with Crippen LogP contribution in [0.25, 0.3) is 0 Å². The Morgan fingerprint density at radius 1 is 1.47 bits per heavy atom. The van der Waals surface area contributed by atoms with E-state index in [0.717, 1.165) is 0 Å². The van der Waals surface area contributed by atoms with Crippen molar-refractivity contribution >= 4 is 33.8 Å². The summed E-state index contributed by atoms with van der Waals surface area (Å²) in [5.41, 5.74) is 4.98. The molecule has 1 aromatic heterocycles. The monoisotopic (exact) mass is 331 g/mol. The van der Waals surface area contributed by atoms with E-state index in [1.54, 1.807) is 6.20 Å². The zero-order valence-electron chi connectivity index (χ0n) is 11.2. The van der Waals surface area contributed by atoms with E-state index < -0.39 is 11.7 Å². The summed E-state index contributed by atoms with van der Waals surface area (Å²) in [5.74, 6) is 0.768. The number of nitrogens with zero attached hydrogens (tertiary/aromatic N) is 2. The van der Waals surface area contributed by atoms with Gasteiger partial charge in [0.05, 0.1) is 4.47 Å². The fourth-order valence-corrected chi connectivity index (χ4v) is 1.50. The van der Waals surface area contributed by atoms with Crippen LogP contribution in [0.1, 0.15) is 20.8 Å². The Kier molecular flexibility index (Phi) is 5.34. The Hall–Kier alpha value is -1.57. The molecule has 0 aliphatic carbocycles. The summed E-state index contributed by atoms with van der Waals surface area (Å²) in [4.78, 5) is 19.2. The molecule has 0 bridgehead atoms. The lowest BCUT2D eigenvalue weighted by molar-refractivity contribution is 0.0530. The van der Waals surface area contributed by atoms with Gasteiger partial charge in [-0.1, -0.05) is 0 Å². The van der Waals surface area contributed by atoms with Crippen molar-refractivity contribution < 1.29 is 9.53 Å². The number of carbonyl (C=O) groups excluding carboxylic acids is 1. The lowest BCUT2D eigenvalue weighted by atomic mass is 10.2. The van der Waals surface area contributed by atoms with Crippen LogP contribution < -0.4 is 16.4 Å². The van der Waals surface area contributed by atoms with Crippen molar-refractivity contribution in [3.05, 3.63) is 10.7 Å². The number of alkyl carbamates (subject to hydrolysis) is 1. The summed E-state index contributed by atoms with van der Waals surface area (Å²) in [6.45, 7) is 6.34. The predicted octanol–water partition coefficient (Wildman–Crippen LogP) is 1.76. The van der Waals surface area contributed by atoms with Crippen LogP contribution in [0.15, 0.2) is 10.7 Å². The molecule has 0 saturated carbocycles. The molecule has 0 aliphatic heterocycles. The Balaban J connectivity index is 2.31. The minimum atomic E-state index is -0.498. The molecule has 8 heteroatoms. The van der Waals surface area contributed by atoms with Gasteiger partial charge in [0.25, 0.3) is 0 Å². The number of hydrogen-bond donors (Lipinski definition) is 3. The van der Waals surface area contributed by atoms with E-state index >= 15 is 0 Å². The molecule has 1 heterocycles. The molecule has 0 aromatic carbocycles. The number of nitrogen functional groups attached to an aromatic ring is 1. The van der Waals surface area contributed by atoms with Gasteiger partial charge in [0.1, 0.15) is 11.4 Å². The van der Waals surface area contributed by atoms with Gasteiger partial charge in [0.15, 0.2) is 0 Å². The van der Waals surface area contributed by atoms with Crippen molar-refractivity contribution in [1.82, 2.24) is 15.3 Å². The van der Waals surface area contributed by atoms with Crippen molar-refractivity contribution in [2.45, 2.75) is 26.4 Å². The summed E-state index contributed by atoms with van der Waals surface area (Å²) >= 11 is 3.30. The van der Waals surface area contributed by atoms with Crippen LogP contribution in [0.2, 0.25) is 0 Å². The van der Waals surface area contributed by atoms with Crippen molar-refractivity contribution in [3.8, 4) is 0 Å². The van der Waals surface area contributed by atoms with Gasteiger partial charge in [-0.05, 0) is 36.7 Å². The number of halogens is 1. The van der Waals surface area contributed by atoms with E-state index in [2.05, 4.69) is 36.5 Å². The minimum Gasteiger partial charge on any atom is -0.444 e. The van der Waals surface area contributed by atoms with E-state index in [1.165, 1.54) is 0 Å². The van der Waals surface area contributed by atoms with Crippen molar-refractivity contribution in [1.29, 1.82) is 0 Å². The van der Waals surface area contributed by atoms with Gasteiger partial charge in [0, 0.05) is 19.3 Å². The van der Waals surface area contributed by atoms with Crippen LogP contribution in [-0.2, 0) is 4.74 Å². The highest BCUT2D eigenvalue weighted by Gasteiger charge is 2.15. The zero-order chi connectivity index (χ0) is 14.5. The smallest absolute Gasteiger partial charge is 0.407 e. The fourth-order valence-electron chi connectivity index (χ4n) is 1.16. The quantitative estimate of drug-likeness (QED) is 0.726. The third-order valence-electron chi connectivity index (χ3n) is 1.85. The molecule has 1 amide bonds. The topological polar surface area (TPSA) is 102 Å². The molecule has 106 valence electrons. The standard InChI is InChI=1S/C11H18BrN5O2/c1-11(2,3)19-10(18)15-5-4-14-8-7(12)6-16-9(13)17-8/h6H,4-5H2,1-3H3,(H,15,18)(H3,13,14,16,17). The van der Waals surface area contributed by atoms with E-state index in [0.29, 0.717) is 23.4 Å². The summed E-state index contributed by atoms with van der Waals surface area (Å²) < 4.78 is 5.81. The molecule has 1 rings (SSSR count). The van der Waals surface area contributed by atoms with Crippen molar-refractivity contribution in [2.75, 3.05) is 24.1 Å². The molecule has 0 atom stereocenters. The summed E-state index contributed by atoms with van der Waals surface area (Å²) in [7, 11) is 0. The van der Waals surface area contributed by atoms with Gasteiger partial charge in [0.2, 0.25) is 5.95 Å². The Labute approximate surface area is 120 Å². The number of anilines is 2. The van der Waals surface area contributed by atoms with Crippen molar-refractivity contribution in [2.24, 2.45) is 0 Å². The van der Waals surface area contributed by atoms with E-state index in [1.807, 2.05) is 20.8 Å². The highest BCUT2D eigenvalue weighted by atomic mass is 79.9. The molecule has 0 unspecified atom stereocenters. The number of amides is 1. The number of rotatable bonds is 4. The Morgan fingerprint density at radius 2 is 2.16 bits per heavy atom. The second-order valence-corrected chi connectivity index (χ2v) is 5.63. The number of nitrogens with one attached hydrogen (secondary N) is 2. The Morgan fingerprint density at radius 3 is 2.79 bits per heavy atom. The number of hydrogen-bond acceptors (Lipinski definition) is 6. The molecule has 0 aliphatic rings. The second-order valence-electron chi connectivity index (χ2n) is 4.78.